The number of carbonyl (C=O) groups is 1. The van der Waals surface area contributed by atoms with Crippen molar-refractivity contribution < 1.29 is 9.53 Å². The zero-order valence-corrected chi connectivity index (χ0v) is 11.6. The number of aromatic nitrogens is 2. The molecule has 0 aliphatic carbocycles. The second kappa shape index (κ2) is 5.25. The Kier molecular flexibility index (Phi) is 4.41. The summed E-state index contributed by atoms with van der Waals surface area (Å²) in [6.07, 6.45) is -0.703. The molecule has 0 spiro atoms. The molecule has 1 amide bonds. The molecule has 0 fully saturated rings. The maximum Gasteiger partial charge on any atom is 0.412 e. The molecule has 1 heterocycles. The van der Waals surface area contributed by atoms with Crippen molar-refractivity contribution in [3.63, 3.8) is 0 Å². The van der Waals surface area contributed by atoms with Crippen LogP contribution in [0.3, 0.4) is 0 Å². The normalized spacial score (nSPS) is 11.2. The van der Waals surface area contributed by atoms with Crippen LogP contribution >= 0.6 is 34.8 Å². The third-order valence-electron chi connectivity index (χ3n) is 1.46. The maximum absolute atomic E-state index is 11.5. The molecule has 0 atom stereocenters. The molecule has 0 unspecified atom stereocenters. The molecule has 0 aliphatic rings. The van der Waals surface area contributed by atoms with Crippen molar-refractivity contribution >= 4 is 46.6 Å². The van der Waals surface area contributed by atoms with Crippen molar-refractivity contribution in [2.45, 2.75) is 26.4 Å². The molecule has 94 valence electrons. The summed E-state index contributed by atoms with van der Waals surface area (Å²) in [7, 11) is 0. The predicted octanol–water partition coefficient (Wildman–Crippen LogP) is 3.78. The molecule has 1 aromatic heterocycles. The summed E-state index contributed by atoms with van der Waals surface area (Å²) in [6.45, 7) is 5.19. The van der Waals surface area contributed by atoms with E-state index in [-0.39, 0.29) is 21.0 Å². The van der Waals surface area contributed by atoms with Crippen LogP contribution in [0.2, 0.25) is 15.3 Å². The third kappa shape index (κ3) is 4.18. The summed E-state index contributed by atoms with van der Waals surface area (Å²) >= 11 is 17.2. The van der Waals surface area contributed by atoms with Crippen LogP contribution in [0, 0.1) is 0 Å². The van der Waals surface area contributed by atoms with Gasteiger partial charge in [0.15, 0.2) is 10.3 Å². The van der Waals surface area contributed by atoms with E-state index in [2.05, 4.69) is 15.5 Å². The van der Waals surface area contributed by atoms with Crippen molar-refractivity contribution in [2.24, 2.45) is 0 Å². The van der Waals surface area contributed by atoms with Gasteiger partial charge >= 0.3 is 6.09 Å². The minimum absolute atomic E-state index is 0.0116. The summed E-state index contributed by atoms with van der Waals surface area (Å²) in [6, 6.07) is 0. The van der Waals surface area contributed by atoms with Gasteiger partial charge in [-0.05, 0) is 20.8 Å². The van der Waals surface area contributed by atoms with E-state index in [1.165, 1.54) is 0 Å². The number of hydrogen-bond acceptors (Lipinski definition) is 4. The number of amides is 1. The van der Waals surface area contributed by atoms with E-state index in [4.69, 9.17) is 39.5 Å². The Morgan fingerprint density at radius 2 is 1.71 bits per heavy atom. The first-order chi connectivity index (χ1) is 7.70. The SMILES string of the molecule is CC(C)(C)OC(=O)Nc1c(Cl)nnc(Cl)c1Cl. The summed E-state index contributed by atoms with van der Waals surface area (Å²) in [5, 5.41) is 9.26. The average molecular weight is 299 g/mol. The van der Waals surface area contributed by atoms with E-state index in [1.807, 2.05) is 0 Å². The predicted molar refractivity (Wildman–Crippen MR) is 66.9 cm³/mol. The molecule has 0 saturated carbocycles. The zero-order chi connectivity index (χ0) is 13.2. The Labute approximate surface area is 113 Å². The highest BCUT2D eigenvalue weighted by Crippen LogP contribution is 2.32. The number of hydrogen-bond donors (Lipinski definition) is 1. The molecule has 0 saturated heterocycles. The van der Waals surface area contributed by atoms with Crippen molar-refractivity contribution in [3.8, 4) is 0 Å². The van der Waals surface area contributed by atoms with Crippen LogP contribution in [-0.4, -0.2) is 21.9 Å². The molecular formula is C9H10Cl3N3O2. The van der Waals surface area contributed by atoms with Gasteiger partial charge in [-0.2, -0.15) is 0 Å². The second-order valence-corrected chi connectivity index (χ2v) is 5.19. The lowest BCUT2D eigenvalue weighted by Crippen LogP contribution is -2.27. The quantitative estimate of drug-likeness (QED) is 0.857. The van der Waals surface area contributed by atoms with Gasteiger partial charge in [0.1, 0.15) is 16.3 Å². The van der Waals surface area contributed by atoms with Gasteiger partial charge in [-0.25, -0.2) is 4.79 Å². The Balaban J connectivity index is 2.89. The summed E-state index contributed by atoms with van der Waals surface area (Å²) in [5.41, 5.74) is -0.560. The van der Waals surface area contributed by atoms with E-state index in [0.717, 1.165) is 0 Å². The molecular weight excluding hydrogens is 288 g/mol. The van der Waals surface area contributed by atoms with Gasteiger partial charge < -0.3 is 4.74 Å². The van der Waals surface area contributed by atoms with E-state index in [0.29, 0.717) is 0 Å². The van der Waals surface area contributed by atoms with E-state index in [1.54, 1.807) is 20.8 Å². The monoisotopic (exact) mass is 297 g/mol. The van der Waals surface area contributed by atoms with E-state index in [9.17, 15) is 4.79 Å². The minimum atomic E-state index is -0.703. The number of carbonyl (C=O) groups excluding carboxylic acids is 1. The van der Waals surface area contributed by atoms with E-state index < -0.39 is 11.7 Å². The van der Waals surface area contributed by atoms with Crippen molar-refractivity contribution in [1.82, 2.24) is 10.2 Å². The molecule has 8 heteroatoms. The Hall–Kier alpha value is -0.780. The topological polar surface area (TPSA) is 64.1 Å². The first-order valence-corrected chi connectivity index (χ1v) is 5.71. The molecule has 0 aliphatic heterocycles. The van der Waals surface area contributed by atoms with Gasteiger partial charge in [-0.15, -0.1) is 10.2 Å². The summed E-state index contributed by atoms with van der Waals surface area (Å²) < 4.78 is 5.03. The van der Waals surface area contributed by atoms with Crippen LogP contribution in [0.25, 0.3) is 0 Å². The lowest BCUT2D eigenvalue weighted by Gasteiger charge is -2.20. The molecule has 0 radical (unpaired) electrons. The van der Waals surface area contributed by atoms with Crippen LogP contribution in [0.4, 0.5) is 10.5 Å². The third-order valence-corrected chi connectivity index (χ3v) is 2.45. The molecule has 5 nitrogen and oxygen atoms in total. The van der Waals surface area contributed by atoms with Crippen molar-refractivity contribution in [2.75, 3.05) is 5.32 Å². The lowest BCUT2D eigenvalue weighted by atomic mass is 10.2. The van der Waals surface area contributed by atoms with Crippen LogP contribution in [0.5, 0.6) is 0 Å². The van der Waals surface area contributed by atoms with Crippen LogP contribution in [0.15, 0.2) is 0 Å². The van der Waals surface area contributed by atoms with Gasteiger partial charge in [-0.1, -0.05) is 34.8 Å². The first kappa shape index (κ1) is 14.3. The fraction of sp³-hybridized carbons (Fsp3) is 0.444. The van der Waals surface area contributed by atoms with Crippen LogP contribution in [0.1, 0.15) is 20.8 Å². The highest BCUT2D eigenvalue weighted by molar-refractivity contribution is 6.45. The molecule has 1 aromatic rings. The number of nitrogens with zero attached hydrogens (tertiary/aromatic N) is 2. The van der Waals surface area contributed by atoms with E-state index >= 15 is 0 Å². The molecule has 0 bridgehead atoms. The van der Waals surface area contributed by atoms with Crippen molar-refractivity contribution in [3.05, 3.63) is 15.3 Å². The van der Waals surface area contributed by atoms with Crippen LogP contribution < -0.4 is 5.32 Å². The summed E-state index contributed by atoms with van der Waals surface area (Å²) in [5.74, 6) is 0. The molecule has 0 aromatic carbocycles. The number of anilines is 1. The number of rotatable bonds is 1. The highest BCUT2D eigenvalue weighted by atomic mass is 35.5. The number of halogens is 3. The molecule has 17 heavy (non-hydrogen) atoms. The summed E-state index contributed by atoms with van der Waals surface area (Å²) in [4.78, 5) is 11.5. The van der Waals surface area contributed by atoms with Crippen LogP contribution in [-0.2, 0) is 4.74 Å². The van der Waals surface area contributed by atoms with Gasteiger partial charge in [-0.3, -0.25) is 5.32 Å². The highest BCUT2D eigenvalue weighted by Gasteiger charge is 2.20. The standard InChI is InChI=1S/C9H10Cl3N3O2/c1-9(2,3)17-8(16)13-5-4(10)6(11)14-15-7(5)12/h1-3H3,(H,13,14,16). The second-order valence-electron chi connectivity index (χ2n) is 4.10. The average Bonchev–Trinajstić information content (AvgIpc) is 2.16. The lowest BCUT2D eigenvalue weighted by molar-refractivity contribution is 0.0636. The first-order valence-electron chi connectivity index (χ1n) is 4.58. The van der Waals surface area contributed by atoms with Crippen molar-refractivity contribution in [1.29, 1.82) is 0 Å². The van der Waals surface area contributed by atoms with Gasteiger partial charge in [0, 0.05) is 0 Å². The van der Waals surface area contributed by atoms with Gasteiger partial charge in [0.05, 0.1) is 0 Å². The number of nitrogens with one attached hydrogen (secondary N) is 1. The molecule has 1 N–H and O–H groups in total. The maximum atomic E-state index is 11.5. The fourth-order valence-corrected chi connectivity index (χ4v) is 1.42. The smallest absolute Gasteiger partial charge is 0.412 e. The minimum Gasteiger partial charge on any atom is -0.444 e. The Morgan fingerprint density at radius 1 is 1.18 bits per heavy atom. The zero-order valence-electron chi connectivity index (χ0n) is 9.34. The van der Waals surface area contributed by atoms with Gasteiger partial charge in [0.25, 0.3) is 0 Å². The Morgan fingerprint density at radius 3 is 2.24 bits per heavy atom. The number of ether oxygens (including phenoxy) is 1. The largest absolute Gasteiger partial charge is 0.444 e. The molecule has 1 rings (SSSR count). The van der Waals surface area contributed by atoms with Gasteiger partial charge in [0.2, 0.25) is 0 Å². The fourth-order valence-electron chi connectivity index (χ4n) is 0.888. The Bertz CT molecular complexity index is 446.